The van der Waals surface area contributed by atoms with Gasteiger partial charge in [0.2, 0.25) is 0 Å². The summed E-state index contributed by atoms with van der Waals surface area (Å²) in [6, 6.07) is 0. The lowest BCUT2D eigenvalue weighted by atomic mass is 9.95. The molecule has 0 amide bonds. The third-order valence-corrected chi connectivity index (χ3v) is 9.58. The SMILES string of the molecule is CCCC[CH]CCCCCCCC(COC(=O)CCCCCC(=O)OCC(CCCCCC)CCCCCCCC)OC(=O)CCCN(C)C. The van der Waals surface area contributed by atoms with Gasteiger partial charge in [-0.1, -0.05) is 143 Å². The second kappa shape index (κ2) is 37.1. The molecule has 0 aliphatic rings. The number of unbranched alkanes of at least 4 members (excludes halogenated alkanes) is 19. The van der Waals surface area contributed by atoms with E-state index in [1.165, 1.54) is 109 Å². The molecule has 295 valence electrons. The Morgan fingerprint density at radius 2 is 0.960 bits per heavy atom. The van der Waals surface area contributed by atoms with Crippen LogP contribution in [0.15, 0.2) is 0 Å². The van der Waals surface area contributed by atoms with Gasteiger partial charge in [0.15, 0.2) is 0 Å². The normalized spacial score (nSPS) is 12.6. The van der Waals surface area contributed by atoms with E-state index in [9.17, 15) is 14.4 Å². The van der Waals surface area contributed by atoms with E-state index >= 15 is 0 Å². The van der Waals surface area contributed by atoms with Crippen LogP contribution in [0.5, 0.6) is 0 Å². The van der Waals surface area contributed by atoms with E-state index in [1.807, 2.05) is 14.1 Å². The summed E-state index contributed by atoms with van der Waals surface area (Å²) in [5, 5.41) is 0. The van der Waals surface area contributed by atoms with E-state index in [2.05, 4.69) is 32.1 Å². The van der Waals surface area contributed by atoms with Crippen molar-refractivity contribution in [2.75, 3.05) is 33.9 Å². The van der Waals surface area contributed by atoms with Gasteiger partial charge in [0, 0.05) is 19.3 Å². The molecule has 0 spiro atoms. The van der Waals surface area contributed by atoms with Crippen LogP contribution in [0.3, 0.4) is 0 Å². The Labute approximate surface area is 310 Å². The van der Waals surface area contributed by atoms with E-state index in [0.717, 1.165) is 51.5 Å². The number of esters is 3. The van der Waals surface area contributed by atoms with Gasteiger partial charge in [0.25, 0.3) is 0 Å². The van der Waals surface area contributed by atoms with E-state index in [0.29, 0.717) is 44.6 Å². The predicted octanol–water partition coefficient (Wildman–Crippen LogP) is 11.7. The van der Waals surface area contributed by atoms with Gasteiger partial charge in [-0.05, 0) is 77.9 Å². The standard InChI is InChI=1S/C43H82NO6/c1-6-9-12-15-17-18-19-20-22-26-32-40(50-43(47)35-29-36-44(4)5)38-49-42(46)34-28-23-27-33-41(45)48-37-39(30-24-14-11-8-3)31-25-21-16-13-10-7-2/h15,39-40H,6-14,16-38H2,1-5H3. The van der Waals surface area contributed by atoms with Crippen molar-refractivity contribution in [3.63, 3.8) is 0 Å². The largest absolute Gasteiger partial charge is 0.465 e. The second-order valence-corrected chi connectivity index (χ2v) is 15.0. The van der Waals surface area contributed by atoms with E-state index < -0.39 is 0 Å². The molecule has 0 heterocycles. The Hall–Kier alpha value is -1.63. The molecule has 2 atom stereocenters. The molecular weight excluding hydrogens is 626 g/mol. The smallest absolute Gasteiger partial charge is 0.306 e. The number of carbonyl (C=O) groups excluding carboxylic acids is 3. The van der Waals surface area contributed by atoms with Gasteiger partial charge in [-0.15, -0.1) is 0 Å². The Kier molecular flexibility index (Phi) is 35.9. The van der Waals surface area contributed by atoms with Crippen LogP contribution in [0.1, 0.15) is 207 Å². The van der Waals surface area contributed by atoms with Gasteiger partial charge in [-0.2, -0.15) is 0 Å². The van der Waals surface area contributed by atoms with Gasteiger partial charge in [0.05, 0.1) is 6.61 Å². The second-order valence-electron chi connectivity index (χ2n) is 15.0. The van der Waals surface area contributed by atoms with Crippen molar-refractivity contribution in [2.24, 2.45) is 5.92 Å². The number of rotatable bonds is 38. The molecule has 0 N–H and O–H groups in total. The summed E-state index contributed by atoms with van der Waals surface area (Å²) in [4.78, 5) is 39.5. The van der Waals surface area contributed by atoms with Gasteiger partial charge in [-0.3, -0.25) is 14.4 Å². The maximum absolute atomic E-state index is 12.5. The molecule has 7 nitrogen and oxygen atoms in total. The minimum absolute atomic E-state index is 0.116. The average Bonchev–Trinajstić information content (AvgIpc) is 3.09. The zero-order valence-electron chi connectivity index (χ0n) is 33.8. The summed E-state index contributed by atoms with van der Waals surface area (Å²) in [6.07, 6.45) is 32.5. The summed E-state index contributed by atoms with van der Waals surface area (Å²) in [7, 11) is 3.98. The van der Waals surface area contributed by atoms with Gasteiger partial charge in [0.1, 0.15) is 12.7 Å². The maximum atomic E-state index is 12.5. The highest BCUT2D eigenvalue weighted by molar-refractivity contribution is 5.70. The summed E-state index contributed by atoms with van der Waals surface area (Å²) < 4.78 is 17.0. The van der Waals surface area contributed by atoms with Crippen molar-refractivity contribution >= 4 is 17.9 Å². The van der Waals surface area contributed by atoms with Crippen LogP contribution in [0.4, 0.5) is 0 Å². The van der Waals surface area contributed by atoms with Crippen LogP contribution in [0.2, 0.25) is 0 Å². The fourth-order valence-electron chi connectivity index (χ4n) is 6.29. The number of nitrogens with zero attached hydrogens (tertiary/aromatic N) is 1. The minimum atomic E-state index is -0.389. The van der Waals surface area contributed by atoms with Crippen molar-refractivity contribution in [3.8, 4) is 0 Å². The molecule has 0 aliphatic heterocycles. The molecule has 0 saturated carbocycles. The van der Waals surface area contributed by atoms with E-state index in [4.69, 9.17) is 14.2 Å². The molecular formula is C43H82NO6. The van der Waals surface area contributed by atoms with Crippen molar-refractivity contribution in [2.45, 2.75) is 213 Å². The van der Waals surface area contributed by atoms with Gasteiger partial charge >= 0.3 is 17.9 Å². The molecule has 0 aromatic rings. The highest BCUT2D eigenvalue weighted by Gasteiger charge is 2.17. The van der Waals surface area contributed by atoms with Gasteiger partial charge < -0.3 is 19.1 Å². The average molecular weight is 709 g/mol. The highest BCUT2D eigenvalue weighted by atomic mass is 16.6. The molecule has 2 unspecified atom stereocenters. The monoisotopic (exact) mass is 709 g/mol. The summed E-state index contributed by atoms with van der Waals surface area (Å²) in [5.74, 6) is -0.120. The van der Waals surface area contributed by atoms with Crippen LogP contribution in [0, 0.1) is 12.3 Å². The van der Waals surface area contributed by atoms with Crippen LogP contribution in [0.25, 0.3) is 0 Å². The minimum Gasteiger partial charge on any atom is -0.465 e. The first-order chi connectivity index (χ1) is 24.3. The highest BCUT2D eigenvalue weighted by Crippen LogP contribution is 2.20. The quantitative estimate of drug-likeness (QED) is 0.0359. The lowest BCUT2D eigenvalue weighted by molar-refractivity contribution is -0.159. The van der Waals surface area contributed by atoms with Crippen molar-refractivity contribution in [1.82, 2.24) is 4.90 Å². The van der Waals surface area contributed by atoms with Crippen LogP contribution in [-0.4, -0.2) is 62.8 Å². The molecule has 0 aromatic carbocycles. The number of hydrogen-bond acceptors (Lipinski definition) is 7. The molecule has 0 fully saturated rings. The first-order valence-corrected chi connectivity index (χ1v) is 21.3. The Balaban J connectivity index is 4.37. The first kappa shape index (κ1) is 48.4. The lowest BCUT2D eigenvalue weighted by Crippen LogP contribution is -2.26. The van der Waals surface area contributed by atoms with E-state index in [-0.39, 0.29) is 30.6 Å². The molecule has 0 bridgehead atoms. The first-order valence-electron chi connectivity index (χ1n) is 21.3. The van der Waals surface area contributed by atoms with Crippen LogP contribution < -0.4 is 0 Å². The van der Waals surface area contributed by atoms with E-state index in [1.54, 1.807) is 0 Å². The molecule has 7 heteroatoms. The fraction of sp³-hybridized carbons (Fsp3) is 0.907. The molecule has 0 aliphatic carbocycles. The molecule has 1 radical (unpaired) electrons. The van der Waals surface area contributed by atoms with Crippen molar-refractivity contribution < 1.29 is 28.6 Å². The number of ether oxygens (including phenoxy) is 3. The molecule has 50 heavy (non-hydrogen) atoms. The topological polar surface area (TPSA) is 82.1 Å². The predicted molar refractivity (Wildman–Crippen MR) is 209 cm³/mol. The number of hydrogen-bond donors (Lipinski definition) is 0. The third-order valence-electron chi connectivity index (χ3n) is 9.58. The zero-order valence-corrected chi connectivity index (χ0v) is 33.8. The maximum Gasteiger partial charge on any atom is 0.306 e. The number of carbonyl (C=O) groups is 3. The Bertz CT molecular complexity index is 772. The summed E-state index contributed by atoms with van der Waals surface area (Å²) in [5.41, 5.74) is 0. The Morgan fingerprint density at radius 3 is 1.56 bits per heavy atom. The molecule has 0 saturated heterocycles. The van der Waals surface area contributed by atoms with Crippen molar-refractivity contribution in [1.29, 1.82) is 0 Å². The van der Waals surface area contributed by atoms with Crippen LogP contribution >= 0.6 is 0 Å². The molecule has 0 aromatic heterocycles. The lowest BCUT2D eigenvalue weighted by Gasteiger charge is -2.18. The Morgan fingerprint density at radius 1 is 0.500 bits per heavy atom. The summed E-state index contributed by atoms with van der Waals surface area (Å²) in [6.45, 7) is 8.22. The third kappa shape index (κ3) is 34.8. The zero-order chi connectivity index (χ0) is 36.9. The van der Waals surface area contributed by atoms with Crippen LogP contribution in [-0.2, 0) is 28.6 Å². The summed E-state index contributed by atoms with van der Waals surface area (Å²) >= 11 is 0. The van der Waals surface area contributed by atoms with Gasteiger partial charge in [-0.25, -0.2) is 0 Å². The van der Waals surface area contributed by atoms with Crippen molar-refractivity contribution in [3.05, 3.63) is 6.42 Å². The fourth-order valence-corrected chi connectivity index (χ4v) is 6.29. The molecule has 0 rings (SSSR count).